The summed E-state index contributed by atoms with van der Waals surface area (Å²) in [5.41, 5.74) is 3.20. The van der Waals surface area contributed by atoms with Crippen LogP contribution in [0.5, 0.6) is 17.2 Å². The molecule has 0 aromatic heterocycles. The lowest BCUT2D eigenvalue weighted by Gasteiger charge is -2.15. The highest BCUT2D eigenvalue weighted by molar-refractivity contribution is 6.49. The van der Waals surface area contributed by atoms with Crippen molar-refractivity contribution in [1.82, 2.24) is 0 Å². The summed E-state index contributed by atoms with van der Waals surface area (Å²) in [6, 6.07) is 20.5. The minimum absolute atomic E-state index is 0.00342. The molecule has 1 atom stereocenters. The third-order valence-corrected chi connectivity index (χ3v) is 4.15. The quantitative estimate of drug-likeness (QED) is 0.729. The average molecular weight is 336 g/mol. The van der Waals surface area contributed by atoms with Gasteiger partial charge in [-0.3, -0.25) is 0 Å². The first kappa shape index (κ1) is 15.1. The van der Waals surface area contributed by atoms with Gasteiger partial charge >= 0.3 is 7.48 Å². The maximum absolute atomic E-state index is 9.92. The Kier molecular flexibility index (Phi) is 3.93. The van der Waals surface area contributed by atoms with Gasteiger partial charge < -0.3 is 14.5 Å². The molecule has 1 N–H and O–H groups in total. The van der Waals surface area contributed by atoms with Crippen LogP contribution in [0.4, 0.5) is 0 Å². The lowest BCUT2D eigenvalue weighted by atomic mass is 9.86. The molecule has 117 valence electrons. The molecular formula is C19H13BClO3. The van der Waals surface area contributed by atoms with Crippen LogP contribution in [-0.2, 0) is 4.65 Å². The van der Waals surface area contributed by atoms with E-state index >= 15 is 0 Å². The second kappa shape index (κ2) is 6.23. The van der Waals surface area contributed by atoms with Gasteiger partial charge in [0.2, 0.25) is 0 Å². The van der Waals surface area contributed by atoms with E-state index in [0.29, 0.717) is 16.5 Å². The van der Waals surface area contributed by atoms with E-state index in [1.807, 2.05) is 42.5 Å². The Labute approximate surface area is 145 Å². The fraction of sp³-hybridized carbons (Fsp3) is 0.0526. The van der Waals surface area contributed by atoms with Crippen LogP contribution in [0, 0.1) is 0 Å². The number of aromatic hydroxyl groups is 1. The van der Waals surface area contributed by atoms with Gasteiger partial charge in [0.25, 0.3) is 0 Å². The van der Waals surface area contributed by atoms with Crippen molar-refractivity contribution in [2.75, 3.05) is 0 Å². The molecule has 1 unspecified atom stereocenters. The van der Waals surface area contributed by atoms with Crippen molar-refractivity contribution in [3.05, 3.63) is 82.9 Å². The van der Waals surface area contributed by atoms with Crippen LogP contribution in [0.3, 0.4) is 0 Å². The number of halogens is 1. The molecule has 0 saturated carbocycles. The number of rotatable bonds is 3. The van der Waals surface area contributed by atoms with Gasteiger partial charge in [0.05, 0.1) is 6.10 Å². The summed E-state index contributed by atoms with van der Waals surface area (Å²) in [5.74, 6) is 0.984. The molecule has 3 aromatic rings. The Balaban J connectivity index is 1.63. The maximum Gasteiger partial charge on any atom is 0.331 e. The fourth-order valence-corrected chi connectivity index (χ4v) is 2.94. The van der Waals surface area contributed by atoms with Crippen LogP contribution in [-0.4, -0.2) is 12.6 Å². The predicted octanol–water partition coefficient (Wildman–Crippen LogP) is 4.20. The second-order valence-electron chi connectivity index (χ2n) is 5.55. The zero-order valence-corrected chi connectivity index (χ0v) is 13.4. The molecule has 0 amide bonds. The topological polar surface area (TPSA) is 38.7 Å². The third-order valence-electron chi connectivity index (χ3n) is 3.92. The van der Waals surface area contributed by atoms with Crippen molar-refractivity contribution >= 4 is 24.5 Å². The van der Waals surface area contributed by atoms with Gasteiger partial charge in [0, 0.05) is 11.1 Å². The zero-order chi connectivity index (χ0) is 16.5. The van der Waals surface area contributed by atoms with E-state index in [2.05, 4.69) is 6.07 Å². The summed E-state index contributed by atoms with van der Waals surface area (Å²) in [5, 5.41) is 10.4. The van der Waals surface area contributed by atoms with E-state index in [4.69, 9.17) is 21.0 Å². The molecule has 0 fully saturated rings. The van der Waals surface area contributed by atoms with E-state index in [1.54, 1.807) is 19.6 Å². The SMILES string of the molecule is Oc1cc(Cl)ccc1Oc1cccc(C2O[B]c3ccccc32)c1. The number of benzene rings is 3. The maximum atomic E-state index is 9.92. The van der Waals surface area contributed by atoms with Gasteiger partial charge in [-0.1, -0.05) is 48.0 Å². The van der Waals surface area contributed by atoms with Crippen molar-refractivity contribution in [2.45, 2.75) is 6.10 Å². The number of hydrogen-bond donors (Lipinski definition) is 1. The summed E-state index contributed by atoms with van der Waals surface area (Å²) >= 11 is 5.84. The molecule has 3 aromatic carbocycles. The molecule has 0 aliphatic carbocycles. The first-order valence-electron chi connectivity index (χ1n) is 7.55. The van der Waals surface area contributed by atoms with E-state index < -0.39 is 0 Å². The van der Waals surface area contributed by atoms with E-state index in [1.165, 1.54) is 6.07 Å². The minimum atomic E-state index is -0.149. The van der Waals surface area contributed by atoms with Crippen LogP contribution < -0.4 is 10.2 Å². The zero-order valence-electron chi connectivity index (χ0n) is 12.6. The summed E-state index contributed by atoms with van der Waals surface area (Å²) < 4.78 is 11.6. The highest BCUT2D eigenvalue weighted by Gasteiger charge is 2.25. The first-order chi connectivity index (χ1) is 11.7. The Hall–Kier alpha value is -2.43. The first-order valence-corrected chi connectivity index (χ1v) is 7.92. The third kappa shape index (κ3) is 2.86. The van der Waals surface area contributed by atoms with Crippen molar-refractivity contribution < 1.29 is 14.5 Å². The monoisotopic (exact) mass is 335 g/mol. The standard InChI is InChI=1S/C19H13BClO3/c21-13-8-9-18(17(22)11-13)23-14-5-3-4-12(10-14)19-15-6-1-2-7-16(15)20-24-19/h1-11,19,22H. The van der Waals surface area contributed by atoms with Crippen molar-refractivity contribution in [3.8, 4) is 17.2 Å². The molecule has 0 saturated heterocycles. The molecule has 5 heteroatoms. The van der Waals surface area contributed by atoms with Crippen molar-refractivity contribution in [3.63, 3.8) is 0 Å². The van der Waals surface area contributed by atoms with E-state index in [-0.39, 0.29) is 11.9 Å². The van der Waals surface area contributed by atoms with E-state index in [9.17, 15) is 5.11 Å². The minimum Gasteiger partial charge on any atom is -0.504 e. The smallest absolute Gasteiger partial charge is 0.331 e. The largest absolute Gasteiger partial charge is 0.504 e. The van der Waals surface area contributed by atoms with Gasteiger partial charge in [0.1, 0.15) is 5.75 Å². The van der Waals surface area contributed by atoms with Gasteiger partial charge in [-0.15, -0.1) is 0 Å². The molecule has 1 aliphatic rings. The Morgan fingerprint density at radius 1 is 1.00 bits per heavy atom. The predicted molar refractivity (Wildman–Crippen MR) is 94.4 cm³/mol. The second-order valence-corrected chi connectivity index (χ2v) is 5.99. The molecule has 0 bridgehead atoms. The number of fused-ring (bicyclic) bond motifs is 1. The van der Waals surface area contributed by atoms with Gasteiger partial charge in [-0.05, 0) is 40.9 Å². The highest BCUT2D eigenvalue weighted by Crippen LogP contribution is 2.35. The summed E-state index contributed by atoms with van der Waals surface area (Å²) in [4.78, 5) is 0. The lowest BCUT2D eigenvalue weighted by molar-refractivity contribution is 0.279. The fourth-order valence-electron chi connectivity index (χ4n) is 2.77. The molecule has 4 rings (SSSR count). The highest BCUT2D eigenvalue weighted by atomic mass is 35.5. The molecule has 1 aliphatic heterocycles. The number of ether oxygens (including phenoxy) is 1. The Morgan fingerprint density at radius 3 is 2.75 bits per heavy atom. The van der Waals surface area contributed by atoms with Crippen LogP contribution >= 0.6 is 11.6 Å². The van der Waals surface area contributed by atoms with E-state index in [0.717, 1.165) is 16.6 Å². The normalized spacial score (nSPS) is 15.6. The molecule has 1 heterocycles. The van der Waals surface area contributed by atoms with Crippen molar-refractivity contribution in [2.24, 2.45) is 0 Å². The molecule has 0 spiro atoms. The molecular weight excluding hydrogens is 322 g/mol. The Morgan fingerprint density at radius 2 is 1.88 bits per heavy atom. The number of phenolic OH excluding ortho intramolecular Hbond substituents is 1. The van der Waals surface area contributed by atoms with Crippen LogP contribution in [0.25, 0.3) is 0 Å². The van der Waals surface area contributed by atoms with Crippen molar-refractivity contribution in [1.29, 1.82) is 0 Å². The average Bonchev–Trinajstić information content (AvgIpc) is 3.02. The number of hydrogen-bond acceptors (Lipinski definition) is 3. The molecule has 3 nitrogen and oxygen atoms in total. The molecule has 1 radical (unpaired) electrons. The van der Waals surface area contributed by atoms with Crippen LogP contribution in [0.15, 0.2) is 66.7 Å². The molecule has 24 heavy (non-hydrogen) atoms. The Bertz CT molecular complexity index is 897. The number of phenols is 1. The summed E-state index contributed by atoms with van der Waals surface area (Å²) in [6.07, 6.45) is -0.149. The van der Waals surface area contributed by atoms with Gasteiger partial charge in [0.15, 0.2) is 11.5 Å². The van der Waals surface area contributed by atoms with Gasteiger partial charge in [-0.25, -0.2) is 0 Å². The lowest BCUT2D eigenvalue weighted by Crippen LogP contribution is -2.09. The summed E-state index contributed by atoms with van der Waals surface area (Å²) in [7, 11) is 1.78. The van der Waals surface area contributed by atoms with Gasteiger partial charge in [-0.2, -0.15) is 0 Å². The van der Waals surface area contributed by atoms with Crippen LogP contribution in [0.2, 0.25) is 5.02 Å². The van der Waals surface area contributed by atoms with Crippen LogP contribution in [0.1, 0.15) is 17.2 Å². The summed E-state index contributed by atoms with van der Waals surface area (Å²) in [6.45, 7) is 0.